The van der Waals surface area contributed by atoms with Crippen LogP contribution in [0.1, 0.15) is 42.3 Å². The molecule has 0 fully saturated rings. The summed E-state index contributed by atoms with van der Waals surface area (Å²) in [6.45, 7) is 6.47. The lowest BCUT2D eigenvalue weighted by atomic mass is 9.87. The number of carbonyl (C=O) groups is 2. The number of rotatable bonds is 6. The van der Waals surface area contributed by atoms with E-state index in [0.29, 0.717) is 11.3 Å². The minimum atomic E-state index is -0.555. The molecule has 2 aromatic carbocycles. The highest BCUT2D eigenvalue weighted by molar-refractivity contribution is 5.89. The first-order valence-corrected chi connectivity index (χ1v) is 8.03. The molecule has 0 aliphatic heterocycles. The van der Waals surface area contributed by atoms with E-state index in [1.165, 1.54) is 5.56 Å². The number of amides is 1. The van der Waals surface area contributed by atoms with Crippen LogP contribution in [0.5, 0.6) is 5.75 Å². The highest BCUT2D eigenvalue weighted by Gasteiger charge is 2.13. The van der Waals surface area contributed by atoms with Crippen molar-refractivity contribution in [3.63, 3.8) is 0 Å². The molecule has 0 heterocycles. The van der Waals surface area contributed by atoms with Crippen LogP contribution in [0.15, 0.2) is 48.5 Å². The summed E-state index contributed by atoms with van der Waals surface area (Å²) >= 11 is 0. The second kappa shape index (κ2) is 7.83. The highest BCUT2D eigenvalue weighted by atomic mass is 16.5. The monoisotopic (exact) mass is 341 g/mol. The Labute approximate surface area is 147 Å². The van der Waals surface area contributed by atoms with E-state index in [2.05, 4.69) is 20.8 Å². The smallest absolute Gasteiger partial charge is 0.338 e. The van der Waals surface area contributed by atoms with Gasteiger partial charge in [0.1, 0.15) is 12.4 Å². The summed E-state index contributed by atoms with van der Waals surface area (Å²) in [4.78, 5) is 22.8. The van der Waals surface area contributed by atoms with Gasteiger partial charge in [0.15, 0.2) is 6.61 Å². The van der Waals surface area contributed by atoms with Gasteiger partial charge in [-0.05, 0) is 40.8 Å². The SMILES string of the molecule is CC(C)(C)c1ccc(COC(=O)c2ccc(OCC(N)=O)cc2)cc1. The number of esters is 1. The van der Waals surface area contributed by atoms with Crippen LogP contribution in [0.2, 0.25) is 0 Å². The van der Waals surface area contributed by atoms with Gasteiger partial charge in [0.2, 0.25) is 0 Å². The van der Waals surface area contributed by atoms with Crippen molar-refractivity contribution in [1.29, 1.82) is 0 Å². The third kappa shape index (κ3) is 5.64. The van der Waals surface area contributed by atoms with Crippen LogP contribution in [-0.2, 0) is 21.6 Å². The third-order valence-corrected chi connectivity index (χ3v) is 3.66. The molecule has 0 aliphatic carbocycles. The zero-order chi connectivity index (χ0) is 18.4. The summed E-state index contributed by atoms with van der Waals surface area (Å²) in [6.07, 6.45) is 0. The molecule has 0 unspecified atom stereocenters. The summed E-state index contributed by atoms with van der Waals surface area (Å²) in [5.41, 5.74) is 7.68. The van der Waals surface area contributed by atoms with Crippen LogP contribution in [-0.4, -0.2) is 18.5 Å². The molecule has 2 N–H and O–H groups in total. The van der Waals surface area contributed by atoms with E-state index in [1.54, 1.807) is 24.3 Å². The largest absolute Gasteiger partial charge is 0.484 e. The van der Waals surface area contributed by atoms with Crippen molar-refractivity contribution < 1.29 is 19.1 Å². The number of hydrogen-bond acceptors (Lipinski definition) is 4. The Morgan fingerprint density at radius 3 is 2.08 bits per heavy atom. The fourth-order valence-electron chi connectivity index (χ4n) is 2.17. The fraction of sp³-hybridized carbons (Fsp3) is 0.300. The van der Waals surface area contributed by atoms with Crippen LogP contribution in [0.25, 0.3) is 0 Å². The molecule has 0 aliphatic rings. The Morgan fingerprint density at radius 2 is 1.56 bits per heavy atom. The Bertz CT molecular complexity index is 728. The Morgan fingerprint density at radius 1 is 0.960 bits per heavy atom. The van der Waals surface area contributed by atoms with Crippen molar-refractivity contribution in [3.8, 4) is 5.75 Å². The molecule has 5 heteroatoms. The van der Waals surface area contributed by atoms with Gasteiger partial charge in [-0.3, -0.25) is 4.79 Å². The fourth-order valence-corrected chi connectivity index (χ4v) is 2.17. The first kappa shape index (κ1) is 18.5. The van der Waals surface area contributed by atoms with E-state index in [0.717, 1.165) is 5.56 Å². The van der Waals surface area contributed by atoms with Crippen LogP contribution >= 0.6 is 0 Å². The molecule has 0 atom stereocenters. The average Bonchev–Trinajstić information content (AvgIpc) is 2.58. The number of hydrogen-bond donors (Lipinski definition) is 1. The van der Waals surface area contributed by atoms with Gasteiger partial charge in [-0.25, -0.2) is 4.79 Å². The topological polar surface area (TPSA) is 78.6 Å². The van der Waals surface area contributed by atoms with Crippen LogP contribution in [0, 0.1) is 0 Å². The molecule has 0 spiro atoms. The summed E-state index contributed by atoms with van der Waals surface area (Å²) in [7, 11) is 0. The Hall–Kier alpha value is -2.82. The first-order chi connectivity index (χ1) is 11.8. The lowest BCUT2D eigenvalue weighted by Gasteiger charge is -2.19. The predicted octanol–water partition coefficient (Wildman–Crippen LogP) is 3.21. The van der Waals surface area contributed by atoms with E-state index in [-0.39, 0.29) is 18.6 Å². The molecule has 132 valence electrons. The molecule has 5 nitrogen and oxygen atoms in total. The zero-order valence-electron chi connectivity index (χ0n) is 14.7. The van der Waals surface area contributed by atoms with Gasteiger partial charge in [-0.15, -0.1) is 0 Å². The molecule has 2 aromatic rings. The third-order valence-electron chi connectivity index (χ3n) is 3.66. The van der Waals surface area contributed by atoms with Gasteiger partial charge >= 0.3 is 5.97 Å². The summed E-state index contributed by atoms with van der Waals surface area (Å²) in [6, 6.07) is 14.4. The second-order valence-electron chi connectivity index (χ2n) is 6.80. The zero-order valence-corrected chi connectivity index (χ0v) is 14.7. The van der Waals surface area contributed by atoms with Crippen molar-refractivity contribution in [3.05, 3.63) is 65.2 Å². The van der Waals surface area contributed by atoms with Gasteiger partial charge in [-0.2, -0.15) is 0 Å². The van der Waals surface area contributed by atoms with Crippen LogP contribution in [0.4, 0.5) is 0 Å². The Balaban J connectivity index is 1.90. The summed E-state index contributed by atoms with van der Waals surface area (Å²) in [5.74, 6) is -0.504. The lowest BCUT2D eigenvalue weighted by Crippen LogP contribution is -2.20. The normalized spacial score (nSPS) is 11.0. The number of ether oxygens (including phenoxy) is 2. The maximum Gasteiger partial charge on any atom is 0.338 e. The molecule has 25 heavy (non-hydrogen) atoms. The minimum Gasteiger partial charge on any atom is -0.484 e. The van der Waals surface area contributed by atoms with Gasteiger partial charge in [0, 0.05) is 0 Å². The summed E-state index contributed by atoms with van der Waals surface area (Å²) in [5, 5.41) is 0. The van der Waals surface area contributed by atoms with Crippen LogP contribution < -0.4 is 10.5 Å². The van der Waals surface area contributed by atoms with Gasteiger partial charge in [-0.1, -0.05) is 45.0 Å². The summed E-state index contributed by atoms with van der Waals surface area (Å²) < 4.78 is 10.5. The van der Waals surface area contributed by atoms with E-state index < -0.39 is 11.9 Å². The molecular formula is C20H23NO4. The number of carbonyl (C=O) groups excluding carboxylic acids is 2. The van der Waals surface area contributed by atoms with Gasteiger partial charge in [0.05, 0.1) is 5.56 Å². The molecule has 0 aromatic heterocycles. The first-order valence-electron chi connectivity index (χ1n) is 8.03. The molecule has 0 saturated carbocycles. The predicted molar refractivity (Wildman–Crippen MR) is 95.4 cm³/mol. The minimum absolute atomic E-state index is 0.0908. The Kier molecular flexibility index (Phi) is 5.80. The van der Waals surface area contributed by atoms with Crippen molar-refractivity contribution in [2.45, 2.75) is 32.8 Å². The molecule has 0 radical (unpaired) electrons. The van der Waals surface area contributed by atoms with E-state index in [1.807, 2.05) is 24.3 Å². The highest BCUT2D eigenvalue weighted by Crippen LogP contribution is 2.22. The van der Waals surface area contributed by atoms with Crippen molar-refractivity contribution in [2.24, 2.45) is 5.73 Å². The number of primary amides is 1. The van der Waals surface area contributed by atoms with E-state index >= 15 is 0 Å². The molecule has 0 bridgehead atoms. The molecular weight excluding hydrogens is 318 g/mol. The van der Waals surface area contributed by atoms with Crippen molar-refractivity contribution in [1.82, 2.24) is 0 Å². The van der Waals surface area contributed by atoms with E-state index in [4.69, 9.17) is 15.2 Å². The maximum absolute atomic E-state index is 12.1. The van der Waals surface area contributed by atoms with Gasteiger partial charge < -0.3 is 15.2 Å². The maximum atomic E-state index is 12.1. The standard InChI is InChI=1S/C20H23NO4/c1-20(2,3)16-8-4-14(5-9-16)12-25-19(23)15-6-10-17(11-7-15)24-13-18(21)22/h4-11H,12-13H2,1-3H3,(H2,21,22). The average molecular weight is 341 g/mol. The van der Waals surface area contributed by atoms with Crippen molar-refractivity contribution >= 4 is 11.9 Å². The number of benzene rings is 2. The molecule has 2 rings (SSSR count). The van der Waals surface area contributed by atoms with Gasteiger partial charge in [0.25, 0.3) is 5.91 Å². The quantitative estimate of drug-likeness (QED) is 0.818. The molecule has 1 amide bonds. The lowest BCUT2D eigenvalue weighted by molar-refractivity contribution is -0.119. The van der Waals surface area contributed by atoms with Crippen LogP contribution in [0.3, 0.4) is 0 Å². The van der Waals surface area contributed by atoms with E-state index in [9.17, 15) is 9.59 Å². The second-order valence-corrected chi connectivity index (χ2v) is 6.80. The van der Waals surface area contributed by atoms with Crippen molar-refractivity contribution in [2.75, 3.05) is 6.61 Å². The number of nitrogens with two attached hydrogens (primary N) is 1. The molecule has 0 saturated heterocycles.